The molecule has 1 saturated carbocycles. The number of benzene rings is 1. The van der Waals surface area contributed by atoms with Crippen molar-refractivity contribution in [2.45, 2.75) is 30.2 Å². The highest BCUT2D eigenvalue weighted by atomic mass is 32.2. The van der Waals surface area contributed by atoms with E-state index in [2.05, 4.69) is 4.72 Å². The Morgan fingerprint density at radius 1 is 1.23 bits per heavy atom. The number of aliphatic carboxylic acids is 1. The molecular formula is C16H22N2O7S. The SMILES string of the molecule is COc1ccc(S(=O)(=O)NCCC(=O)N(CC(=O)O)C2CC2)cc1OC. The van der Waals surface area contributed by atoms with E-state index in [1.54, 1.807) is 0 Å². The van der Waals surface area contributed by atoms with Crippen LogP contribution in [-0.2, 0) is 19.6 Å². The van der Waals surface area contributed by atoms with Gasteiger partial charge in [-0.2, -0.15) is 0 Å². The number of nitrogens with one attached hydrogen (secondary N) is 1. The molecule has 0 atom stereocenters. The zero-order chi connectivity index (χ0) is 19.3. The summed E-state index contributed by atoms with van der Waals surface area (Å²) in [5.74, 6) is -0.802. The van der Waals surface area contributed by atoms with Crippen LogP contribution in [0.25, 0.3) is 0 Å². The van der Waals surface area contributed by atoms with Crippen molar-refractivity contribution >= 4 is 21.9 Å². The average molecular weight is 386 g/mol. The minimum absolute atomic E-state index is 0.0211. The number of carboxylic acid groups (broad SMARTS) is 1. The number of carbonyl (C=O) groups is 2. The molecule has 10 heteroatoms. The minimum atomic E-state index is -3.84. The molecule has 1 aromatic carbocycles. The second kappa shape index (κ2) is 8.37. The second-order valence-corrected chi connectivity index (χ2v) is 7.58. The van der Waals surface area contributed by atoms with Gasteiger partial charge in [0.15, 0.2) is 11.5 Å². The summed E-state index contributed by atoms with van der Waals surface area (Å²) in [6.07, 6.45) is 1.43. The summed E-state index contributed by atoms with van der Waals surface area (Å²) in [6.45, 7) is -0.496. The van der Waals surface area contributed by atoms with Gasteiger partial charge in [0.2, 0.25) is 15.9 Å². The molecule has 1 fully saturated rings. The van der Waals surface area contributed by atoms with Crippen LogP contribution in [-0.4, -0.2) is 63.7 Å². The third kappa shape index (κ3) is 5.09. The quantitative estimate of drug-likeness (QED) is 0.598. The molecule has 2 N–H and O–H groups in total. The zero-order valence-electron chi connectivity index (χ0n) is 14.6. The molecule has 1 amide bonds. The fraction of sp³-hybridized carbons (Fsp3) is 0.500. The highest BCUT2D eigenvalue weighted by Gasteiger charge is 2.33. The lowest BCUT2D eigenvalue weighted by Gasteiger charge is -2.20. The van der Waals surface area contributed by atoms with Gasteiger partial charge in [0.1, 0.15) is 6.54 Å². The van der Waals surface area contributed by atoms with E-state index in [0.717, 1.165) is 12.8 Å². The van der Waals surface area contributed by atoms with E-state index in [0.29, 0.717) is 5.75 Å². The van der Waals surface area contributed by atoms with Gasteiger partial charge in [-0.1, -0.05) is 0 Å². The van der Waals surface area contributed by atoms with E-state index in [4.69, 9.17) is 14.6 Å². The van der Waals surface area contributed by atoms with E-state index in [-0.39, 0.29) is 42.1 Å². The van der Waals surface area contributed by atoms with Crippen LogP contribution < -0.4 is 14.2 Å². The number of methoxy groups -OCH3 is 2. The van der Waals surface area contributed by atoms with Gasteiger partial charge >= 0.3 is 5.97 Å². The molecule has 2 rings (SSSR count). The van der Waals surface area contributed by atoms with Gasteiger partial charge in [0.25, 0.3) is 0 Å². The summed E-state index contributed by atoms with van der Waals surface area (Å²) in [7, 11) is -0.998. The Morgan fingerprint density at radius 2 is 1.88 bits per heavy atom. The molecule has 0 bridgehead atoms. The summed E-state index contributed by atoms with van der Waals surface area (Å²) in [6, 6.07) is 4.11. The molecule has 0 saturated heterocycles. The van der Waals surface area contributed by atoms with Crippen LogP contribution in [0.5, 0.6) is 11.5 Å². The number of rotatable bonds is 10. The van der Waals surface area contributed by atoms with Gasteiger partial charge in [0.05, 0.1) is 19.1 Å². The molecule has 0 aromatic heterocycles. The standard InChI is InChI=1S/C16H22N2O7S/c1-24-13-6-5-12(9-14(13)25-2)26(22,23)17-8-7-15(19)18(10-16(20)21)11-3-4-11/h5-6,9,11,17H,3-4,7-8,10H2,1-2H3,(H,20,21). The molecule has 1 aliphatic carbocycles. The molecule has 26 heavy (non-hydrogen) atoms. The molecule has 1 aromatic rings. The van der Waals surface area contributed by atoms with Crippen LogP contribution >= 0.6 is 0 Å². The van der Waals surface area contributed by atoms with Gasteiger partial charge in [-0.15, -0.1) is 0 Å². The smallest absolute Gasteiger partial charge is 0.323 e. The van der Waals surface area contributed by atoms with E-state index < -0.39 is 16.0 Å². The molecule has 1 aliphatic rings. The second-order valence-electron chi connectivity index (χ2n) is 5.81. The number of sulfonamides is 1. The number of hydrogen-bond acceptors (Lipinski definition) is 6. The minimum Gasteiger partial charge on any atom is -0.493 e. The highest BCUT2D eigenvalue weighted by Crippen LogP contribution is 2.29. The molecule has 9 nitrogen and oxygen atoms in total. The topological polar surface area (TPSA) is 122 Å². The van der Waals surface area contributed by atoms with E-state index in [1.165, 1.54) is 37.3 Å². The predicted octanol–water partition coefficient (Wildman–Crippen LogP) is 0.448. The lowest BCUT2D eigenvalue weighted by Crippen LogP contribution is -2.39. The maximum atomic E-state index is 12.3. The predicted molar refractivity (Wildman–Crippen MR) is 91.7 cm³/mol. The monoisotopic (exact) mass is 386 g/mol. The number of carbonyl (C=O) groups excluding carboxylic acids is 1. The van der Waals surface area contributed by atoms with Crippen molar-refractivity contribution in [3.8, 4) is 11.5 Å². The third-order valence-electron chi connectivity index (χ3n) is 3.91. The number of hydrogen-bond donors (Lipinski definition) is 2. The van der Waals surface area contributed by atoms with E-state index >= 15 is 0 Å². The number of ether oxygens (including phenoxy) is 2. The number of amides is 1. The molecule has 144 valence electrons. The molecular weight excluding hydrogens is 364 g/mol. The fourth-order valence-corrected chi connectivity index (χ4v) is 3.50. The zero-order valence-corrected chi connectivity index (χ0v) is 15.4. The fourth-order valence-electron chi connectivity index (χ4n) is 2.46. The van der Waals surface area contributed by atoms with Crippen molar-refractivity contribution in [1.29, 1.82) is 0 Å². The average Bonchev–Trinajstić information content (AvgIpc) is 3.43. The van der Waals surface area contributed by atoms with E-state index in [9.17, 15) is 18.0 Å². The maximum Gasteiger partial charge on any atom is 0.323 e. The molecule has 0 unspecified atom stereocenters. The Bertz CT molecular complexity index is 775. The Labute approximate surface area is 151 Å². The van der Waals surface area contributed by atoms with Crippen molar-refractivity contribution in [2.24, 2.45) is 0 Å². The first-order valence-electron chi connectivity index (χ1n) is 8.01. The van der Waals surface area contributed by atoms with Crippen molar-refractivity contribution in [3.63, 3.8) is 0 Å². The molecule has 0 spiro atoms. The first-order chi connectivity index (χ1) is 12.3. The first-order valence-corrected chi connectivity index (χ1v) is 9.49. The van der Waals surface area contributed by atoms with Gasteiger partial charge in [0, 0.05) is 25.1 Å². The van der Waals surface area contributed by atoms with Crippen LogP contribution in [0, 0.1) is 0 Å². The number of carboxylic acids is 1. The van der Waals surface area contributed by atoms with Crippen LogP contribution in [0.4, 0.5) is 0 Å². The molecule has 0 radical (unpaired) electrons. The van der Waals surface area contributed by atoms with Gasteiger partial charge < -0.3 is 19.5 Å². The normalized spacial score (nSPS) is 13.9. The van der Waals surface area contributed by atoms with E-state index in [1.807, 2.05) is 0 Å². The summed E-state index contributed by atoms with van der Waals surface area (Å²) >= 11 is 0. The Morgan fingerprint density at radius 3 is 2.42 bits per heavy atom. The molecule has 0 aliphatic heterocycles. The lowest BCUT2D eigenvalue weighted by atomic mass is 10.3. The Kier molecular flexibility index (Phi) is 6.43. The van der Waals surface area contributed by atoms with Crippen molar-refractivity contribution in [2.75, 3.05) is 27.3 Å². The van der Waals surface area contributed by atoms with Crippen LogP contribution in [0.2, 0.25) is 0 Å². The van der Waals surface area contributed by atoms with Crippen molar-refractivity contribution in [3.05, 3.63) is 18.2 Å². The van der Waals surface area contributed by atoms with Gasteiger partial charge in [-0.05, 0) is 25.0 Å². The van der Waals surface area contributed by atoms with Gasteiger partial charge in [-0.3, -0.25) is 9.59 Å². The Hall–Kier alpha value is -2.33. The molecule has 0 heterocycles. The summed E-state index contributed by atoms with van der Waals surface area (Å²) in [4.78, 5) is 24.3. The summed E-state index contributed by atoms with van der Waals surface area (Å²) in [5.41, 5.74) is 0. The summed E-state index contributed by atoms with van der Waals surface area (Å²) < 4.78 is 37.2. The summed E-state index contributed by atoms with van der Waals surface area (Å²) in [5, 5.41) is 8.88. The lowest BCUT2D eigenvalue weighted by molar-refractivity contribution is -0.144. The maximum absolute atomic E-state index is 12.3. The third-order valence-corrected chi connectivity index (χ3v) is 5.37. The van der Waals surface area contributed by atoms with Crippen molar-refractivity contribution < 1.29 is 32.6 Å². The van der Waals surface area contributed by atoms with Crippen molar-refractivity contribution in [1.82, 2.24) is 9.62 Å². The Balaban J connectivity index is 1.97. The van der Waals surface area contributed by atoms with Crippen LogP contribution in [0.1, 0.15) is 19.3 Å². The van der Waals surface area contributed by atoms with Crippen LogP contribution in [0.3, 0.4) is 0 Å². The largest absolute Gasteiger partial charge is 0.493 e. The first kappa shape index (κ1) is 20.0. The van der Waals surface area contributed by atoms with Gasteiger partial charge in [-0.25, -0.2) is 13.1 Å². The van der Waals surface area contributed by atoms with Crippen LogP contribution in [0.15, 0.2) is 23.1 Å². The number of nitrogens with zero attached hydrogens (tertiary/aromatic N) is 1. The highest BCUT2D eigenvalue weighted by molar-refractivity contribution is 7.89.